The van der Waals surface area contributed by atoms with Crippen LogP contribution in [0, 0.1) is 0 Å². The standard InChI is InChI=1S/C42H29N7O13S4/c50-42-29-13-10-26(43-25-6-2-1-3-7-25)20-24(29)21-40(66(60,61)62)41(42)49-47-36-17-18-37(33-22-27(63(51,52)53)11-14-32(33)36)46-44-34-15-16-35(31-9-5-4-8-30(31)34)45-48-38-23-28(64(54,55)56)12-19-39(38)65(57,58)59/h1-23,43,50H,(H,51,52,53)(H,54,55,56)(H,57,58,59)(H,60,61,62). The van der Waals surface area contributed by atoms with E-state index in [9.17, 15) is 57.0 Å². The number of hydrogen-bond acceptors (Lipinski definition) is 16. The lowest BCUT2D eigenvalue weighted by molar-refractivity contribution is 0.472. The van der Waals surface area contributed by atoms with Gasteiger partial charge in [0.25, 0.3) is 40.5 Å². The molecule has 0 aliphatic heterocycles. The van der Waals surface area contributed by atoms with Gasteiger partial charge in [-0.3, -0.25) is 18.2 Å². The van der Waals surface area contributed by atoms with Crippen LogP contribution in [0.1, 0.15) is 0 Å². The fraction of sp³-hybridized carbons (Fsp3) is 0. The van der Waals surface area contributed by atoms with Crippen LogP contribution in [0.15, 0.2) is 190 Å². The maximum absolute atomic E-state index is 12.7. The molecule has 0 aliphatic carbocycles. The van der Waals surface area contributed by atoms with E-state index in [4.69, 9.17) is 0 Å². The van der Waals surface area contributed by atoms with Crippen molar-refractivity contribution in [1.29, 1.82) is 0 Å². The summed E-state index contributed by atoms with van der Waals surface area (Å²) in [7, 11) is -19.5. The number of nitrogens with one attached hydrogen (secondary N) is 1. The molecule has 0 bridgehead atoms. The van der Waals surface area contributed by atoms with E-state index in [-0.39, 0.29) is 44.3 Å². The van der Waals surface area contributed by atoms with Crippen LogP contribution in [0.2, 0.25) is 0 Å². The highest BCUT2D eigenvalue weighted by atomic mass is 32.2. The molecule has 0 unspecified atom stereocenters. The molecule has 0 radical (unpaired) electrons. The van der Waals surface area contributed by atoms with E-state index in [0.717, 1.165) is 36.0 Å². The van der Waals surface area contributed by atoms with Crippen molar-refractivity contribution in [3.63, 3.8) is 0 Å². The number of phenolic OH excluding ortho intramolecular Hbond substituents is 1. The molecule has 8 aromatic carbocycles. The fourth-order valence-corrected chi connectivity index (χ4v) is 9.03. The maximum Gasteiger partial charge on any atom is 0.296 e. The van der Waals surface area contributed by atoms with Crippen molar-refractivity contribution in [2.75, 3.05) is 5.32 Å². The molecular weight excluding hydrogens is 939 g/mol. The van der Waals surface area contributed by atoms with Crippen LogP contribution in [-0.4, -0.2) is 57.0 Å². The van der Waals surface area contributed by atoms with Crippen molar-refractivity contribution in [3.8, 4) is 5.75 Å². The predicted molar refractivity (Wildman–Crippen MR) is 241 cm³/mol. The van der Waals surface area contributed by atoms with E-state index in [1.165, 1.54) is 36.4 Å². The topological polar surface area (TPSA) is 324 Å². The normalized spacial score (nSPS) is 12.9. The molecule has 0 amide bonds. The Bertz CT molecular complexity index is 3870. The Balaban J connectivity index is 1.18. The summed E-state index contributed by atoms with van der Waals surface area (Å²) < 4.78 is 137. The van der Waals surface area contributed by atoms with E-state index >= 15 is 0 Å². The molecule has 20 nitrogen and oxygen atoms in total. The molecule has 66 heavy (non-hydrogen) atoms. The van der Waals surface area contributed by atoms with Gasteiger partial charge in [-0.15, -0.1) is 30.7 Å². The van der Waals surface area contributed by atoms with Crippen LogP contribution in [0.25, 0.3) is 32.3 Å². The molecule has 8 rings (SSSR count). The van der Waals surface area contributed by atoms with Gasteiger partial charge in [-0.25, -0.2) is 0 Å². The Kier molecular flexibility index (Phi) is 11.8. The van der Waals surface area contributed by atoms with E-state index in [0.29, 0.717) is 22.5 Å². The minimum absolute atomic E-state index is 0.00785. The zero-order chi connectivity index (χ0) is 47.2. The zero-order valence-electron chi connectivity index (χ0n) is 33.1. The van der Waals surface area contributed by atoms with Crippen LogP contribution in [-0.2, 0) is 40.5 Å². The average molecular weight is 968 g/mol. The molecule has 0 heterocycles. The molecule has 8 aromatic rings. The largest absolute Gasteiger partial charge is 0.505 e. The number of hydrogen-bond donors (Lipinski definition) is 6. The number of nitrogens with zero attached hydrogens (tertiary/aromatic N) is 6. The second-order valence-electron chi connectivity index (χ2n) is 14.1. The number of rotatable bonds is 12. The second-order valence-corrected chi connectivity index (χ2v) is 19.7. The van der Waals surface area contributed by atoms with Gasteiger partial charge in [-0.2, -0.15) is 33.7 Å². The van der Waals surface area contributed by atoms with Crippen LogP contribution in [0.5, 0.6) is 5.75 Å². The predicted octanol–water partition coefficient (Wildman–Crippen LogP) is 10.8. The molecule has 0 fully saturated rings. The third-order valence-electron chi connectivity index (χ3n) is 9.80. The number of benzene rings is 8. The fourth-order valence-electron chi connectivity index (χ4n) is 6.76. The monoisotopic (exact) mass is 967 g/mol. The van der Waals surface area contributed by atoms with Gasteiger partial charge >= 0.3 is 0 Å². The van der Waals surface area contributed by atoms with E-state index in [2.05, 4.69) is 36.0 Å². The van der Waals surface area contributed by atoms with Gasteiger partial charge in [0.1, 0.15) is 21.2 Å². The first kappa shape index (κ1) is 45.2. The Hall–Kier alpha value is -7.42. The smallest absolute Gasteiger partial charge is 0.296 e. The van der Waals surface area contributed by atoms with Gasteiger partial charge in [-0.05, 0) is 96.4 Å². The molecule has 6 N–H and O–H groups in total. The summed E-state index contributed by atoms with van der Waals surface area (Å²) in [5, 5.41) is 40.8. The average Bonchev–Trinajstić information content (AvgIpc) is 3.26. The number of phenols is 1. The Labute approximate surface area is 374 Å². The van der Waals surface area contributed by atoms with Crippen molar-refractivity contribution in [1.82, 2.24) is 0 Å². The van der Waals surface area contributed by atoms with Crippen LogP contribution >= 0.6 is 0 Å². The van der Waals surface area contributed by atoms with Gasteiger partial charge in [0, 0.05) is 38.3 Å². The molecule has 0 aliphatic rings. The molecule has 0 saturated heterocycles. The number of fused-ring (bicyclic) bond motifs is 3. The molecule has 0 spiro atoms. The van der Waals surface area contributed by atoms with Crippen molar-refractivity contribution < 1.29 is 57.0 Å². The van der Waals surface area contributed by atoms with Gasteiger partial charge in [0.05, 0.1) is 32.5 Å². The summed E-state index contributed by atoms with van der Waals surface area (Å²) in [5.41, 5.74) is 0.501. The highest BCUT2D eigenvalue weighted by Gasteiger charge is 2.24. The number of anilines is 2. The zero-order valence-corrected chi connectivity index (χ0v) is 36.4. The van der Waals surface area contributed by atoms with Crippen molar-refractivity contribution in [2.24, 2.45) is 30.7 Å². The number of azo groups is 3. The van der Waals surface area contributed by atoms with Crippen molar-refractivity contribution in [2.45, 2.75) is 19.6 Å². The summed E-state index contributed by atoms with van der Waals surface area (Å²) in [5.74, 6) is -0.618. The lowest BCUT2D eigenvalue weighted by Crippen LogP contribution is -2.02. The molecule has 0 saturated carbocycles. The summed E-state index contributed by atoms with van der Waals surface area (Å²) in [6, 6.07) is 32.8. The lowest BCUT2D eigenvalue weighted by Gasteiger charge is -2.12. The van der Waals surface area contributed by atoms with Gasteiger partial charge < -0.3 is 10.4 Å². The summed E-state index contributed by atoms with van der Waals surface area (Å²) in [4.78, 5) is -2.78. The van der Waals surface area contributed by atoms with Crippen LogP contribution < -0.4 is 5.32 Å². The Morgan fingerprint density at radius 1 is 0.364 bits per heavy atom. The summed E-state index contributed by atoms with van der Waals surface area (Å²) in [6.07, 6.45) is 0. The van der Waals surface area contributed by atoms with E-state index in [1.807, 2.05) is 30.3 Å². The lowest BCUT2D eigenvalue weighted by atomic mass is 10.1. The van der Waals surface area contributed by atoms with E-state index in [1.54, 1.807) is 36.4 Å². The van der Waals surface area contributed by atoms with Gasteiger partial charge in [0.15, 0.2) is 5.75 Å². The number of para-hydroxylation sites is 1. The Morgan fingerprint density at radius 3 is 1.39 bits per heavy atom. The second kappa shape index (κ2) is 17.2. The van der Waals surface area contributed by atoms with Crippen molar-refractivity contribution in [3.05, 3.63) is 140 Å². The van der Waals surface area contributed by atoms with Gasteiger partial charge in [-0.1, -0.05) is 48.5 Å². The summed E-state index contributed by atoms with van der Waals surface area (Å²) >= 11 is 0. The molecule has 0 atom stereocenters. The minimum Gasteiger partial charge on any atom is -0.505 e. The quantitative estimate of drug-likeness (QED) is 0.0490. The van der Waals surface area contributed by atoms with Crippen LogP contribution in [0.4, 0.5) is 45.5 Å². The molecular formula is C42H29N7O13S4. The van der Waals surface area contributed by atoms with Crippen LogP contribution in [0.3, 0.4) is 0 Å². The van der Waals surface area contributed by atoms with E-state index < -0.39 is 77.2 Å². The molecule has 24 heteroatoms. The molecule has 334 valence electrons. The molecule has 0 aromatic heterocycles. The highest BCUT2D eigenvalue weighted by Crippen LogP contribution is 2.44. The maximum atomic E-state index is 12.7. The Morgan fingerprint density at radius 2 is 0.833 bits per heavy atom. The summed E-state index contributed by atoms with van der Waals surface area (Å²) in [6.45, 7) is 0. The third kappa shape index (κ3) is 9.51. The highest BCUT2D eigenvalue weighted by molar-refractivity contribution is 7.86. The minimum atomic E-state index is -5.00. The first-order valence-electron chi connectivity index (χ1n) is 18.6. The first-order chi connectivity index (χ1) is 31.1. The van der Waals surface area contributed by atoms with Gasteiger partial charge in [0.2, 0.25) is 0 Å². The van der Waals surface area contributed by atoms with Crippen molar-refractivity contribution >= 4 is 118 Å². The number of aromatic hydroxyl groups is 1. The first-order valence-corrected chi connectivity index (χ1v) is 24.4. The SMILES string of the molecule is O=S(=O)(O)c1ccc(S(=O)(=O)O)c(N=Nc2ccc(N=Nc3ccc(N=Nc4c(S(=O)(=O)O)cc5cc(Nc6ccccc6)ccc5c4O)c4ccc(S(=O)(=O)O)cc34)c3ccccc23)c1. The third-order valence-corrected chi connectivity index (χ3v) is 13.3.